The van der Waals surface area contributed by atoms with Crippen molar-refractivity contribution in [2.45, 2.75) is 70.1 Å². The summed E-state index contributed by atoms with van der Waals surface area (Å²) in [5.74, 6) is -2.60. The van der Waals surface area contributed by atoms with Crippen LogP contribution in [0, 0.1) is 18.8 Å². The normalized spacial score (nSPS) is 29.9. The van der Waals surface area contributed by atoms with Gasteiger partial charge in [-0.3, -0.25) is 14.4 Å². The van der Waals surface area contributed by atoms with E-state index in [1.807, 2.05) is 26.0 Å². The van der Waals surface area contributed by atoms with Gasteiger partial charge in [-0.2, -0.15) is 0 Å². The van der Waals surface area contributed by atoms with Crippen LogP contribution >= 0.6 is 11.6 Å². The van der Waals surface area contributed by atoms with Crippen LogP contribution in [0.15, 0.2) is 30.9 Å². The van der Waals surface area contributed by atoms with Crippen LogP contribution in [0.4, 0.5) is 5.69 Å². The van der Waals surface area contributed by atoms with Crippen LogP contribution in [0.25, 0.3) is 0 Å². The van der Waals surface area contributed by atoms with Crippen LogP contribution < -0.4 is 4.90 Å². The van der Waals surface area contributed by atoms with Gasteiger partial charge >= 0.3 is 5.97 Å². The van der Waals surface area contributed by atoms with E-state index in [1.165, 1.54) is 0 Å². The number of fused-ring (bicyclic) bond motifs is 1. The van der Waals surface area contributed by atoms with Crippen LogP contribution in [0.5, 0.6) is 0 Å². The second-order valence-corrected chi connectivity index (χ2v) is 10.6. The zero-order valence-corrected chi connectivity index (χ0v) is 22.6. The third-order valence-electron chi connectivity index (χ3n) is 8.30. The van der Waals surface area contributed by atoms with E-state index >= 15 is 0 Å². The van der Waals surface area contributed by atoms with Crippen LogP contribution in [0.1, 0.15) is 51.5 Å². The molecule has 4 rings (SSSR count). The van der Waals surface area contributed by atoms with E-state index in [0.717, 1.165) is 5.56 Å². The quantitative estimate of drug-likeness (QED) is 0.265. The van der Waals surface area contributed by atoms with Gasteiger partial charge in [0.05, 0.1) is 28.8 Å². The Labute approximate surface area is 223 Å². The highest BCUT2D eigenvalue weighted by atomic mass is 35.5. The minimum atomic E-state index is -1.14. The summed E-state index contributed by atoms with van der Waals surface area (Å²) in [7, 11) is 0. The number of amides is 2. The van der Waals surface area contributed by atoms with Gasteiger partial charge in [-0.1, -0.05) is 36.7 Å². The van der Waals surface area contributed by atoms with Gasteiger partial charge in [0.25, 0.3) is 5.91 Å². The third-order valence-corrected chi connectivity index (χ3v) is 8.60. The number of ether oxygens (including phenoxy) is 2. The fourth-order valence-electron chi connectivity index (χ4n) is 6.76. The summed E-state index contributed by atoms with van der Waals surface area (Å²) in [5.41, 5.74) is -0.600. The number of hydrogen-bond donors (Lipinski definition) is 1. The van der Waals surface area contributed by atoms with Crippen molar-refractivity contribution in [2.24, 2.45) is 11.8 Å². The number of halogens is 1. The minimum absolute atomic E-state index is 0.0164. The first kappa shape index (κ1) is 27.6. The number of likely N-dealkylation sites (tertiary alicyclic amines) is 1. The van der Waals surface area contributed by atoms with Gasteiger partial charge in [0.15, 0.2) is 0 Å². The molecule has 3 aliphatic rings. The summed E-state index contributed by atoms with van der Waals surface area (Å²) >= 11 is 6.58. The van der Waals surface area contributed by atoms with Crippen molar-refractivity contribution in [1.29, 1.82) is 0 Å². The Hall–Kier alpha value is -2.42. The molecule has 3 heterocycles. The average Bonchev–Trinajstić information content (AvgIpc) is 3.47. The molecular formula is C28H37ClN2O6. The van der Waals surface area contributed by atoms with Crippen molar-refractivity contribution in [3.63, 3.8) is 0 Å². The molecule has 1 spiro atoms. The summed E-state index contributed by atoms with van der Waals surface area (Å²) in [5, 5.41) is 9.79. The Bertz CT molecular complexity index is 1060. The number of hydrogen-bond acceptors (Lipinski definition) is 6. The zero-order valence-electron chi connectivity index (χ0n) is 21.9. The van der Waals surface area contributed by atoms with Crippen molar-refractivity contribution in [3.8, 4) is 0 Å². The number of carbonyl (C=O) groups is 3. The lowest BCUT2D eigenvalue weighted by Crippen LogP contribution is -2.56. The topological polar surface area (TPSA) is 96.4 Å². The van der Waals surface area contributed by atoms with Crippen molar-refractivity contribution in [2.75, 3.05) is 31.2 Å². The lowest BCUT2D eigenvalue weighted by atomic mass is 9.65. The molecule has 1 aromatic carbocycles. The van der Waals surface area contributed by atoms with Gasteiger partial charge in [-0.15, -0.1) is 6.58 Å². The van der Waals surface area contributed by atoms with Gasteiger partial charge in [0, 0.05) is 19.7 Å². The molecule has 3 saturated heterocycles. The molecule has 0 radical (unpaired) electrons. The second-order valence-electron chi connectivity index (χ2n) is 10.2. The summed E-state index contributed by atoms with van der Waals surface area (Å²) in [6, 6.07) is 4.49. The maximum Gasteiger partial charge on any atom is 0.312 e. The number of anilines is 1. The molecule has 1 N–H and O–H groups in total. The number of carbonyl (C=O) groups excluding carboxylic acids is 3. The highest BCUT2D eigenvalue weighted by Crippen LogP contribution is 2.64. The van der Waals surface area contributed by atoms with E-state index < -0.39 is 35.0 Å². The number of esters is 1. The molecule has 2 amide bonds. The molecule has 5 atom stereocenters. The highest BCUT2D eigenvalue weighted by molar-refractivity contribution is 6.34. The minimum Gasteiger partial charge on any atom is -0.466 e. The smallest absolute Gasteiger partial charge is 0.312 e. The van der Waals surface area contributed by atoms with E-state index in [-0.39, 0.29) is 38.1 Å². The number of unbranched alkanes of at least 4 members (excludes halogenated alkanes) is 1. The number of para-hydroxylation sites is 1. The van der Waals surface area contributed by atoms with Gasteiger partial charge in [-0.05, 0) is 57.6 Å². The summed E-state index contributed by atoms with van der Waals surface area (Å²) in [6.07, 6.45) is 4.23. The molecule has 202 valence electrons. The number of rotatable bonds is 11. The summed E-state index contributed by atoms with van der Waals surface area (Å²) in [6.45, 7) is 10.1. The van der Waals surface area contributed by atoms with Crippen molar-refractivity contribution in [1.82, 2.24) is 4.90 Å². The fraction of sp³-hybridized carbons (Fsp3) is 0.607. The summed E-state index contributed by atoms with van der Waals surface area (Å²) in [4.78, 5) is 45.0. The maximum absolute atomic E-state index is 14.5. The molecule has 3 fully saturated rings. The molecule has 1 aromatic rings. The molecule has 3 aliphatic heterocycles. The van der Waals surface area contributed by atoms with E-state index in [1.54, 1.807) is 28.9 Å². The number of benzene rings is 1. The SMILES string of the molecule is C=CCN(C(=O)C1N(CCCCO)C(=O)[C@@H]2[C@@H](C(=O)OCC)[C@@]3(CC)CCC12O3)c1c(C)cccc1Cl. The molecule has 9 heteroatoms. The monoisotopic (exact) mass is 532 g/mol. The Morgan fingerprint density at radius 1 is 1.32 bits per heavy atom. The molecule has 8 nitrogen and oxygen atoms in total. The summed E-state index contributed by atoms with van der Waals surface area (Å²) < 4.78 is 12.2. The first-order chi connectivity index (χ1) is 17.7. The Morgan fingerprint density at radius 2 is 2.08 bits per heavy atom. The Morgan fingerprint density at radius 3 is 2.70 bits per heavy atom. The Kier molecular flexibility index (Phi) is 8.02. The molecule has 0 aliphatic carbocycles. The highest BCUT2D eigenvalue weighted by Gasteiger charge is 2.79. The molecular weight excluding hydrogens is 496 g/mol. The molecule has 2 bridgehead atoms. The van der Waals surface area contributed by atoms with Crippen LogP contribution in [-0.2, 0) is 23.9 Å². The van der Waals surface area contributed by atoms with Crippen molar-refractivity contribution < 1.29 is 29.0 Å². The van der Waals surface area contributed by atoms with E-state index in [4.69, 9.17) is 21.1 Å². The lowest BCUT2D eigenvalue weighted by Gasteiger charge is -2.37. The predicted molar refractivity (Wildman–Crippen MR) is 140 cm³/mol. The Balaban J connectivity index is 1.83. The van der Waals surface area contributed by atoms with E-state index in [9.17, 15) is 19.5 Å². The van der Waals surface area contributed by atoms with E-state index in [0.29, 0.717) is 42.8 Å². The predicted octanol–water partition coefficient (Wildman–Crippen LogP) is 3.66. The standard InChI is InChI=1S/C28H37ClN2O6/c1-5-15-30(22-18(4)11-10-12-19(22)29)25(34)23-28-14-13-27(6-2,37-28)21(26(35)36-7-3)20(28)24(33)31(23)16-8-9-17-32/h5,10-12,20-21,23,32H,1,6-9,13-17H2,2-4H3/t20-,21-,23?,27+,28?/m0/s1. The van der Waals surface area contributed by atoms with Gasteiger partial charge < -0.3 is 24.4 Å². The van der Waals surface area contributed by atoms with Crippen molar-refractivity contribution >= 4 is 35.1 Å². The van der Waals surface area contributed by atoms with Gasteiger partial charge in [-0.25, -0.2) is 0 Å². The number of aliphatic hydroxyl groups excluding tert-OH is 1. The maximum atomic E-state index is 14.5. The average molecular weight is 533 g/mol. The van der Waals surface area contributed by atoms with Crippen LogP contribution in [0.2, 0.25) is 5.02 Å². The van der Waals surface area contributed by atoms with Crippen molar-refractivity contribution in [3.05, 3.63) is 41.4 Å². The van der Waals surface area contributed by atoms with Crippen LogP contribution in [0.3, 0.4) is 0 Å². The van der Waals surface area contributed by atoms with Gasteiger partial charge in [0.1, 0.15) is 17.6 Å². The number of aryl methyl sites for hydroxylation is 1. The number of nitrogens with zero attached hydrogens (tertiary/aromatic N) is 2. The third kappa shape index (κ3) is 4.27. The molecule has 0 aromatic heterocycles. The van der Waals surface area contributed by atoms with E-state index in [2.05, 4.69) is 6.58 Å². The number of aliphatic hydroxyl groups is 1. The van der Waals surface area contributed by atoms with Gasteiger partial charge in [0.2, 0.25) is 5.91 Å². The van der Waals surface area contributed by atoms with Crippen LogP contribution in [-0.4, -0.2) is 71.3 Å². The lowest BCUT2D eigenvalue weighted by molar-refractivity contribution is -0.160. The molecule has 37 heavy (non-hydrogen) atoms. The molecule has 2 unspecified atom stereocenters. The second kappa shape index (κ2) is 10.8. The zero-order chi connectivity index (χ0) is 27.0. The molecule has 0 saturated carbocycles. The largest absolute Gasteiger partial charge is 0.466 e. The first-order valence-electron chi connectivity index (χ1n) is 13.2. The first-order valence-corrected chi connectivity index (χ1v) is 13.6. The fourth-order valence-corrected chi connectivity index (χ4v) is 7.08.